The van der Waals surface area contributed by atoms with E-state index in [0.717, 1.165) is 54.3 Å². The second-order valence-corrected chi connectivity index (χ2v) is 15.3. The van der Waals surface area contributed by atoms with E-state index >= 15 is 0 Å². The monoisotopic (exact) mass is 765 g/mol. The van der Waals surface area contributed by atoms with E-state index in [9.17, 15) is 26.3 Å². The van der Waals surface area contributed by atoms with Crippen LogP contribution in [0.15, 0.2) is 109 Å². The van der Waals surface area contributed by atoms with Gasteiger partial charge in [-0.15, -0.1) is 69.1 Å². The number of rotatable bonds is 2. The van der Waals surface area contributed by atoms with Gasteiger partial charge in [0, 0.05) is 9.52 Å². The molecular weight excluding hydrogens is 737 g/mol. The third kappa shape index (κ3) is 9.70. The Bertz CT molecular complexity index is 1720. The van der Waals surface area contributed by atoms with E-state index in [2.05, 4.69) is 13.1 Å². The maximum absolute atomic E-state index is 13.1. The van der Waals surface area contributed by atoms with E-state index in [1.165, 1.54) is 24.3 Å². The summed E-state index contributed by atoms with van der Waals surface area (Å²) < 4.78 is 78.8. The van der Waals surface area contributed by atoms with Crippen molar-refractivity contribution in [3.63, 3.8) is 0 Å². The summed E-state index contributed by atoms with van der Waals surface area (Å²) in [4.78, 5) is 0. The van der Waals surface area contributed by atoms with Crippen molar-refractivity contribution in [2.75, 3.05) is 0 Å². The number of aryl methyl sites for hydroxylation is 2. The van der Waals surface area contributed by atoms with Gasteiger partial charge in [0.15, 0.2) is 0 Å². The molecule has 0 N–H and O–H groups in total. The first-order chi connectivity index (χ1) is 21.8. The first-order valence-corrected chi connectivity index (χ1v) is 22.8. The zero-order chi connectivity index (χ0) is 34.1. The number of halogens is 8. The van der Waals surface area contributed by atoms with Crippen molar-refractivity contribution in [3.05, 3.63) is 131 Å². The quantitative estimate of drug-likeness (QED) is 0.0935. The molecule has 0 bridgehead atoms. The molecule has 239 valence electrons. The molecule has 0 unspecified atom stereocenters. The summed E-state index contributed by atoms with van der Waals surface area (Å²) in [6.45, 7) is 8.30. The Morgan fingerprint density at radius 1 is 0.543 bits per heavy atom. The van der Waals surface area contributed by atoms with Crippen molar-refractivity contribution >= 4 is 48.1 Å². The van der Waals surface area contributed by atoms with Crippen molar-refractivity contribution in [1.82, 2.24) is 0 Å². The number of fused-ring (bicyclic) bond motifs is 2. The van der Waals surface area contributed by atoms with Crippen LogP contribution in [0.25, 0.3) is 43.8 Å². The van der Waals surface area contributed by atoms with Crippen LogP contribution in [-0.4, -0.2) is 9.52 Å². The van der Waals surface area contributed by atoms with Crippen LogP contribution in [0.5, 0.6) is 0 Å². The van der Waals surface area contributed by atoms with Gasteiger partial charge in [-0.05, 0) is 23.3 Å². The molecule has 0 fully saturated rings. The topological polar surface area (TPSA) is 0 Å². The summed E-state index contributed by atoms with van der Waals surface area (Å²) in [5, 5.41) is 3.66. The Balaban J connectivity index is 0.000000214. The molecule has 0 nitrogen and oxygen atoms in total. The minimum absolute atomic E-state index is 0.233. The Kier molecular flexibility index (Phi) is 13.9. The average Bonchev–Trinajstić information content (AvgIpc) is 3.58. The summed E-state index contributed by atoms with van der Waals surface area (Å²) in [6.07, 6.45) is -8.69. The molecule has 0 spiro atoms. The number of hydrogen-bond acceptors (Lipinski definition) is 0. The van der Waals surface area contributed by atoms with Crippen molar-refractivity contribution in [3.8, 4) is 22.3 Å². The van der Waals surface area contributed by atoms with E-state index < -0.39 is 44.3 Å². The number of alkyl halides is 6. The first kappa shape index (κ1) is 37.8. The van der Waals surface area contributed by atoms with Crippen LogP contribution >= 0.6 is 17.0 Å². The molecule has 0 aliphatic heterocycles. The van der Waals surface area contributed by atoms with E-state index in [0.29, 0.717) is 11.1 Å². The zero-order valence-electron chi connectivity index (χ0n) is 25.5. The first-order valence-electron chi connectivity index (χ1n) is 14.1. The summed E-state index contributed by atoms with van der Waals surface area (Å²) >= 11 is -0.826. The summed E-state index contributed by atoms with van der Waals surface area (Å²) in [5.74, 6) is 0. The molecule has 1 radical (unpaired) electrons. The SMILES string of the molecule is C[SiH]C.Cc1cc2c(-c3ccccc3C(F)(F)F)cccc2[cH-]1.Cc1cc2c(-c3ccccc3C(F)(F)F)cccc2[cH-]1.[Cl][Zr+2][Cl]. The molecule has 0 amide bonds. The van der Waals surface area contributed by atoms with Gasteiger partial charge < -0.3 is 0 Å². The molecule has 0 saturated carbocycles. The molecule has 0 aromatic heterocycles. The van der Waals surface area contributed by atoms with Crippen LogP contribution in [0.2, 0.25) is 13.1 Å². The van der Waals surface area contributed by atoms with Gasteiger partial charge in [-0.1, -0.05) is 86.6 Å². The molecule has 0 atom stereocenters. The van der Waals surface area contributed by atoms with Crippen LogP contribution < -0.4 is 0 Å². The van der Waals surface area contributed by atoms with Gasteiger partial charge in [-0.3, -0.25) is 0 Å². The normalized spacial score (nSPS) is 11.0. The van der Waals surface area contributed by atoms with Crippen LogP contribution in [0.4, 0.5) is 26.3 Å². The molecular formula is C36H31Cl2F6SiZr. The van der Waals surface area contributed by atoms with Gasteiger partial charge in [0.1, 0.15) is 0 Å². The Labute approximate surface area is 286 Å². The fraction of sp³-hybridized carbons (Fsp3) is 0.167. The average molecular weight is 768 g/mol. The molecule has 0 aliphatic carbocycles. The Morgan fingerprint density at radius 3 is 1.17 bits per heavy atom. The summed E-state index contributed by atoms with van der Waals surface area (Å²) in [6, 6.07) is 30.2. The Hall–Kier alpha value is -2.64. The van der Waals surface area contributed by atoms with E-state index in [4.69, 9.17) is 17.0 Å². The molecule has 0 saturated heterocycles. The van der Waals surface area contributed by atoms with E-state index in [-0.39, 0.29) is 11.1 Å². The van der Waals surface area contributed by atoms with Gasteiger partial charge in [0.25, 0.3) is 0 Å². The number of hydrogen-bond donors (Lipinski definition) is 0. The fourth-order valence-corrected chi connectivity index (χ4v) is 5.17. The van der Waals surface area contributed by atoms with Gasteiger partial charge in [-0.25, -0.2) is 0 Å². The number of benzene rings is 4. The molecule has 46 heavy (non-hydrogen) atoms. The van der Waals surface area contributed by atoms with Crippen LogP contribution in [-0.2, 0) is 33.2 Å². The second kappa shape index (κ2) is 17.0. The molecule has 0 heterocycles. The molecule has 6 aromatic rings. The van der Waals surface area contributed by atoms with Gasteiger partial charge >= 0.3 is 50.2 Å². The molecule has 6 aromatic carbocycles. The molecule has 0 aliphatic rings. The molecule has 6 rings (SSSR count). The predicted octanol–water partition coefficient (Wildman–Crippen LogP) is 13.0. The third-order valence-electron chi connectivity index (χ3n) is 6.84. The van der Waals surface area contributed by atoms with Crippen LogP contribution in [0.3, 0.4) is 0 Å². The zero-order valence-corrected chi connectivity index (χ0v) is 30.6. The third-order valence-corrected chi connectivity index (χ3v) is 6.84. The van der Waals surface area contributed by atoms with Gasteiger partial charge in [0.05, 0.1) is 11.1 Å². The van der Waals surface area contributed by atoms with Crippen LogP contribution in [0, 0.1) is 13.8 Å². The summed E-state index contributed by atoms with van der Waals surface area (Å²) in [7, 11) is 10.6. The van der Waals surface area contributed by atoms with Crippen molar-refractivity contribution < 1.29 is 47.2 Å². The van der Waals surface area contributed by atoms with Gasteiger partial charge in [-0.2, -0.15) is 38.5 Å². The standard InChI is InChI=1S/2C17H12F3.C2H7Si.2ClH.Zr/c2*1-11-9-12-5-4-7-13(15(12)10-11)14-6-2-3-8-16(14)17(18,19)20;1-3-2;;;/h2*2-10H,1H3;3H,1-2H3;2*1H;/q2*-1;;;;+4/p-2. The van der Waals surface area contributed by atoms with E-state index in [1.807, 2.05) is 50.2 Å². The Morgan fingerprint density at radius 2 is 0.848 bits per heavy atom. The van der Waals surface area contributed by atoms with Crippen molar-refractivity contribution in [2.45, 2.75) is 39.3 Å². The van der Waals surface area contributed by atoms with Crippen molar-refractivity contribution in [2.24, 2.45) is 0 Å². The second-order valence-electron chi connectivity index (χ2n) is 10.4. The van der Waals surface area contributed by atoms with E-state index in [1.54, 1.807) is 36.4 Å². The molecule has 10 heteroatoms. The van der Waals surface area contributed by atoms with Crippen LogP contribution in [0.1, 0.15) is 22.3 Å². The summed E-state index contributed by atoms with van der Waals surface area (Å²) in [5.41, 5.74) is 2.64. The van der Waals surface area contributed by atoms with Gasteiger partial charge in [0.2, 0.25) is 0 Å². The van der Waals surface area contributed by atoms with Crippen molar-refractivity contribution in [1.29, 1.82) is 0 Å². The maximum atomic E-state index is 13.1. The minimum atomic E-state index is -4.35. The fourth-order valence-electron chi connectivity index (χ4n) is 5.17. The predicted molar refractivity (Wildman–Crippen MR) is 180 cm³/mol.